The molecule has 1 aliphatic heterocycles. The summed E-state index contributed by atoms with van der Waals surface area (Å²) in [5.41, 5.74) is 0.209. The SMILES string of the molecule is CC(C)(C)OC(=O)N1CC(=O)C(NC(=O)OCc2ccccc2)C1. The fourth-order valence-electron chi connectivity index (χ4n) is 2.18. The number of Topliss-reactive ketones (excluding diaryl/α,β-unsaturated/α-hetero) is 1. The molecule has 0 aliphatic carbocycles. The molecule has 0 aromatic heterocycles. The summed E-state index contributed by atoms with van der Waals surface area (Å²) in [7, 11) is 0. The first-order valence-electron chi connectivity index (χ1n) is 7.72. The van der Waals surface area contributed by atoms with Crippen molar-refractivity contribution in [2.45, 2.75) is 39.0 Å². The Morgan fingerprint density at radius 3 is 2.54 bits per heavy atom. The third-order valence-corrected chi connectivity index (χ3v) is 3.29. The van der Waals surface area contributed by atoms with Crippen molar-refractivity contribution in [1.29, 1.82) is 0 Å². The number of ether oxygens (including phenoxy) is 2. The van der Waals surface area contributed by atoms with Gasteiger partial charge in [-0.15, -0.1) is 0 Å². The van der Waals surface area contributed by atoms with Crippen molar-refractivity contribution in [1.82, 2.24) is 10.2 Å². The monoisotopic (exact) mass is 334 g/mol. The lowest BCUT2D eigenvalue weighted by atomic mass is 10.2. The smallest absolute Gasteiger partial charge is 0.410 e. The van der Waals surface area contributed by atoms with E-state index in [-0.39, 0.29) is 25.5 Å². The van der Waals surface area contributed by atoms with Crippen molar-refractivity contribution in [3.05, 3.63) is 35.9 Å². The molecule has 1 fully saturated rings. The van der Waals surface area contributed by atoms with Gasteiger partial charge < -0.3 is 14.8 Å². The van der Waals surface area contributed by atoms with E-state index in [0.29, 0.717) is 0 Å². The molecule has 1 aliphatic rings. The normalized spacial score (nSPS) is 17.5. The Balaban J connectivity index is 1.81. The molecule has 1 atom stereocenters. The quantitative estimate of drug-likeness (QED) is 0.915. The zero-order valence-electron chi connectivity index (χ0n) is 14.1. The molecular weight excluding hydrogens is 312 g/mol. The maximum Gasteiger partial charge on any atom is 0.410 e. The predicted molar refractivity (Wildman–Crippen MR) is 86.4 cm³/mol. The highest BCUT2D eigenvalue weighted by atomic mass is 16.6. The van der Waals surface area contributed by atoms with Gasteiger partial charge in [0.15, 0.2) is 5.78 Å². The summed E-state index contributed by atoms with van der Waals surface area (Å²) in [6, 6.07) is 8.44. The summed E-state index contributed by atoms with van der Waals surface area (Å²) < 4.78 is 10.3. The lowest BCUT2D eigenvalue weighted by Gasteiger charge is -2.23. The number of ketones is 1. The molecule has 130 valence electrons. The third-order valence-electron chi connectivity index (χ3n) is 3.29. The number of nitrogens with one attached hydrogen (secondary N) is 1. The molecule has 7 heteroatoms. The van der Waals surface area contributed by atoms with Crippen LogP contribution < -0.4 is 5.32 Å². The van der Waals surface area contributed by atoms with E-state index >= 15 is 0 Å². The minimum absolute atomic E-state index is 0.0776. The van der Waals surface area contributed by atoms with Crippen LogP contribution in [0.25, 0.3) is 0 Å². The average Bonchev–Trinajstić information content (AvgIpc) is 2.86. The van der Waals surface area contributed by atoms with Crippen molar-refractivity contribution in [3.8, 4) is 0 Å². The van der Waals surface area contributed by atoms with Gasteiger partial charge in [-0.2, -0.15) is 0 Å². The van der Waals surface area contributed by atoms with E-state index in [1.807, 2.05) is 30.3 Å². The first kappa shape index (κ1) is 17.8. The number of hydrogen-bond donors (Lipinski definition) is 1. The Labute approximate surface area is 140 Å². The number of alkyl carbamates (subject to hydrolysis) is 1. The van der Waals surface area contributed by atoms with Gasteiger partial charge >= 0.3 is 12.2 Å². The van der Waals surface area contributed by atoms with Gasteiger partial charge in [0.1, 0.15) is 18.2 Å². The molecule has 1 unspecified atom stereocenters. The standard InChI is InChI=1S/C17H22N2O5/c1-17(2,3)24-16(22)19-9-13(14(20)10-19)18-15(21)23-11-12-7-5-4-6-8-12/h4-8,13H,9-11H2,1-3H3,(H,18,21). The number of carbonyl (C=O) groups excluding carboxylic acids is 3. The molecule has 0 radical (unpaired) electrons. The first-order chi connectivity index (χ1) is 11.2. The van der Waals surface area contributed by atoms with Crippen molar-refractivity contribution >= 4 is 18.0 Å². The van der Waals surface area contributed by atoms with Gasteiger partial charge in [-0.1, -0.05) is 30.3 Å². The molecule has 1 saturated heterocycles. The van der Waals surface area contributed by atoms with Crippen molar-refractivity contribution in [2.75, 3.05) is 13.1 Å². The van der Waals surface area contributed by atoms with E-state index < -0.39 is 23.8 Å². The van der Waals surface area contributed by atoms with Crippen LogP contribution in [0.3, 0.4) is 0 Å². The Morgan fingerprint density at radius 2 is 1.92 bits per heavy atom. The lowest BCUT2D eigenvalue weighted by Crippen LogP contribution is -2.42. The minimum Gasteiger partial charge on any atom is -0.445 e. The van der Waals surface area contributed by atoms with Gasteiger partial charge in [0.2, 0.25) is 0 Å². The van der Waals surface area contributed by atoms with Crippen molar-refractivity contribution in [3.63, 3.8) is 0 Å². The maximum atomic E-state index is 12.0. The summed E-state index contributed by atoms with van der Waals surface area (Å²) in [6.45, 7) is 5.36. The molecule has 1 N–H and O–H groups in total. The van der Waals surface area contributed by atoms with Crippen LogP contribution in [0.1, 0.15) is 26.3 Å². The minimum atomic E-state index is -0.777. The number of hydrogen-bond acceptors (Lipinski definition) is 5. The Kier molecular flexibility index (Phi) is 5.43. The van der Waals surface area contributed by atoms with Gasteiger partial charge in [-0.25, -0.2) is 9.59 Å². The lowest BCUT2D eigenvalue weighted by molar-refractivity contribution is -0.118. The van der Waals surface area contributed by atoms with E-state index in [9.17, 15) is 14.4 Å². The van der Waals surface area contributed by atoms with Crippen LogP contribution in [0.15, 0.2) is 30.3 Å². The number of amides is 2. The number of carbonyl (C=O) groups is 3. The Morgan fingerprint density at radius 1 is 1.25 bits per heavy atom. The van der Waals surface area contributed by atoms with E-state index in [1.165, 1.54) is 4.90 Å². The topological polar surface area (TPSA) is 84.9 Å². The van der Waals surface area contributed by atoms with Gasteiger partial charge in [-0.05, 0) is 26.3 Å². The molecule has 1 heterocycles. The van der Waals surface area contributed by atoms with Gasteiger partial charge in [-0.3, -0.25) is 9.69 Å². The molecule has 7 nitrogen and oxygen atoms in total. The third kappa shape index (κ3) is 5.26. The van der Waals surface area contributed by atoms with Gasteiger partial charge in [0.25, 0.3) is 0 Å². The highest BCUT2D eigenvalue weighted by molar-refractivity contribution is 5.94. The second-order valence-corrected chi connectivity index (χ2v) is 6.59. The summed E-state index contributed by atoms with van der Waals surface area (Å²) in [4.78, 5) is 37.0. The fraction of sp³-hybridized carbons (Fsp3) is 0.471. The summed E-state index contributed by atoms with van der Waals surface area (Å²) in [6.07, 6.45) is -1.26. The average molecular weight is 334 g/mol. The van der Waals surface area contributed by atoms with E-state index in [2.05, 4.69) is 5.32 Å². The first-order valence-corrected chi connectivity index (χ1v) is 7.72. The molecular formula is C17H22N2O5. The number of rotatable bonds is 3. The number of likely N-dealkylation sites (tertiary alicyclic amines) is 1. The summed E-state index contributed by atoms with van der Waals surface area (Å²) in [5, 5.41) is 2.49. The molecule has 0 spiro atoms. The highest BCUT2D eigenvalue weighted by Crippen LogP contribution is 2.14. The number of nitrogens with zero attached hydrogens (tertiary/aromatic N) is 1. The van der Waals surface area contributed by atoms with Crippen LogP contribution in [-0.2, 0) is 20.9 Å². The van der Waals surface area contributed by atoms with Gasteiger partial charge in [0.05, 0.1) is 13.1 Å². The van der Waals surface area contributed by atoms with Crippen LogP contribution in [0.2, 0.25) is 0 Å². The van der Waals surface area contributed by atoms with E-state index in [1.54, 1.807) is 20.8 Å². The highest BCUT2D eigenvalue weighted by Gasteiger charge is 2.36. The molecule has 0 bridgehead atoms. The van der Waals surface area contributed by atoms with Crippen molar-refractivity contribution in [2.24, 2.45) is 0 Å². The number of benzene rings is 1. The van der Waals surface area contributed by atoms with Crippen LogP contribution in [0.4, 0.5) is 9.59 Å². The van der Waals surface area contributed by atoms with Crippen LogP contribution in [0.5, 0.6) is 0 Å². The Hall–Kier alpha value is -2.57. The summed E-state index contributed by atoms with van der Waals surface area (Å²) >= 11 is 0. The zero-order valence-corrected chi connectivity index (χ0v) is 14.1. The zero-order chi connectivity index (χ0) is 17.7. The largest absolute Gasteiger partial charge is 0.445 e. The molecule has 1 aromatic carbocycles. The second kappa shape index (κ2) is 7.33. The summed E-state index contributed by atoms with van der Waals surface area (Å²) in [5.74, 6) is -0.252. The molecule has 1 aromatic rings. The fourth-order valence-corrected chi connectivity index (χ4v) is 2.18. The molecule has 2 amide bonds. The Bertz CT molecular complexity index is 609. The van der Waals surface area contributed by atoms with E-state index in [0.717, 1.165) is 5.56 Å². The van der Waals surface area contributed by atoms with Crippen LogP contribution in [0, 0.1) is 0 Å². The molecule has 24 heavy (non-hydrogen) atoms. The second-order valence-electron chi connectivity index (χ2n) is 6.59. The maximum absolute atomic E-state index is 12.0. The van der Waals surface area contributed by atoms with Crippen molar-refractivity contribution < 1.29 is 23.9 Å². The molecule has 0 saturated carbocycles. The van der Waals surface area contributed by atoms with E-state index in [4.69, 9.17) is 9.47 Å². The predicted octanol–water partition coefficient (Wildman–Crippen LogP) is 2.10. The van der Waals surface area contributed by atoms with Crippen LogP contribution in [-0.4, -0.2) is 47.6 Å². The molecule has 2 rings (SSSR count). The van der Waals surface area contributed by atoms with Crippen LogP contribution >= 0.6 is 0 Å². The van der Waals surface area contributed by atoms with Gasteiger partial charge in [0, 0.05) is 0 Å².